The van der Waals surface area contributed by atoms with Crippen molar-refractivity contribution >= 4 is 11.6 Å². The van der Waals surface area contributed by atoms with Gasteiger partial charge < -0.3 is 14.8 Å². The molecule has 2 aromatic rings. The standard InChI is InChI=1S/C16H19N3O3/c1-19-9-12(16(18-19)22-10-11-7-8-11)15(20)17-13-5-3-4-6-14(13)21-2/h3-6,9,11H,7-8,10H2,1-2H3,(H,17,20). The number of aromatic nitrogens is 2. The second-order valence-corrected chi connectivity index (χ2v) is 5.43. The number of aryl methyl sites for hydroxylation is 1. The van der Waals surface area contributed by atoms with Crippen LogP contribution >= 0.6 is 0 Å². The zero-order valence-electron chi connectivity index (χ0n) is 12.7. The first kappa shape index (κ1) is 14.4. The predicted octanol–water partition coefficient (Wildman–Crippen LogP) is 2.47. The first-order chi connectivity index (χ1) is 10.7. The van der Waals surface area contributed by atoms with Gasteiger partial charge in [0.2, 0.25) is 5.88 Å². The summed E-state index contributed by atoms with van der Waals surface area (Å²) in [6, 6.07) is 7.27. The molecule has 0 saturated heterocycles. The van der Waals surface area contributed by atoms with Crippen molar-refractivity contribution < 1.29 is 14.3 Å². The lowest BCUT2D eigenvalue weighted by Gasteiger charge is -2.09. The maximum absolute atomic E-state index is 12.5. The number of methoxy groups -OCH3 is 1. The number of nitrogens with zero attached hydrogens (tertiary/aromatic N) is 2. The Morgan fingerprint density at radius 2 is 2.18 bits per heavy atom. The van der Waals surface area contributed by atoms with E-state index >= 15 is 0 Å². The van der Waals surface area contributed by atoms with Crippen LogP contribution in [0.2, 0.25) is 0 Å². The van der Waals surface area contributed by atoms with Gasteiger partial charge >= 0.3 is 0 Å². The number of hydrogen-bond acceptors (Lipinski definition) is 4. The molecular weight excluding hydrogens is 282 g/mol. The number of benzene rings is 1. The SMILES string of the molecule is COc1ccccc1NC(=O)c1cn(C)nc1OCC1CC1. The fourth-order valence-corrected chi connectivity index (χ4v) is 2.15. The zero-order valence-corrected chi connectivity index (χ0v) is 12.7. The fraction of sp³-hybridized carbons (Fsp3) is 0.375. The highest BCUT2D eigenvalue weighted by molar-refractivity contribution is 6.06. The maximum atomic E-state index is 12.5. The van der Waals surface area contributed by atoms with Crippen molar-refractivity contribution in [1.29, 1.82) is 0 Å². The van der Waals surface area contributed by atoms with Crippen LogP contribution in [0.5, 0.6) is 11.6 Å². The second kappa shape index (κ2) is 6.09. The highest BCUT2D eigenvalue weighted by atomic mass is 16.5. The molecule has 0 bridgehead atoms. The van der Waals surface area contributed by atoms with E-state index in [1.165, 1.54) is 12.8 Å². The number of carbonyl (C=O) groups excluding carboxylic acids is 1. The summed E-state index contributed by atoms with van der Waals surface area (Å²) >= 11 is 0. The van der Waals surface area contributed by atoms with Crippen molar-refractivity contribution in [3.05, 3.63) is 36.0 Å². The highest BCUT2D eigenvalue weighted by Crippen LogP contribution is 2.30. The minimum Gasteiger partial charge on any atom is -0.495 e. The highest BCUT2D eigenvalue weighted by Gasteiger charge is 2.24. The third kappa shape index (κ3) is 3.21. The summed E-state index contributed by atoms with van der Waals surface area (Å²) in [5.41, 5.74) is 1.04. The summed E-state index contributed by atoms with van der Waals surface area (Å²) in [4.78, 5) is 12.5. The first-order valence-corrected chi connectivity index (χ1v) is 7.28. The van der Waals surface area contributed by atoms with E-state index in [-0.39, 0.29) is 5.91 Å². The van der Waals surface area contributed by atoms with Gasteiger partial charge in [-0.2, -0.15) is 0 Å². The minimum absolute atomic E-state index is 0.261. The van der Waals surface area contributed by atoms with E-state index in [0.717, 1.165) is 0 Å². The molecule has 1 fully saturated rings. The molecule has 1 amide bonds. The molecule has 1 heterocycles. The van der Waals surface area contributed by atoms with Crippen LogP contribution in [-0.2, 0) is 7.05 Å². The number of carbonyl (C=O) groups is 1. The van der Waals surface area contributed by atoms with Crippen LogP contribution in [0.3, 0.4) is 0 Å². The van der Waals surface area contributed by atoms with Crippen LogP contribution in [-0.4, -0.2) is 29.4 Å². The van der Waals surface area contributed by atoms with Crippen molar-refractivity contribution in [3.8, 4) is 11.6 Å². The van der Waals surface area contributed by atoms with Crippen molar-refractivity contribution in [2.75, 3.05) is 19.0 Å². The van der Waals surface area contributed by atoms with Gasteiger partial charge in [-0.25, -0.2) is 0 Å². The lowest BCUT2D eigenvalue weighted by atomic mass is 10.2. The van der Waals surface area contributed by atoms with Crippen LogP contribution in [0.15, 0.2) is 30.5 Å². The Morgan fingerprint density at radius 1 is 1.41 bits per heavy atom. The summed E-state index contributed by atoms with van der Waals surface area (Å²) in [5, 5.41) is 7.06. The van der Waals surface area contributed by atoms with Crippen molar-refractivity contribution in [2.24, 2.45) is 13.0 Å². The molecule has 22 heavy (non-hydrogen) atoms. The summed E-state index contributed by atoms with van der Waals surface area (Å²) in [6.07, 6.45) is 4.04. The topological polar surface area (TPSA) is 65.4 Å². The van der Waals surface area contributed by atoms with E-state index < -0.39 is 0 Å². The molecular formula is C16H19N3O3. The number of amides is 1. The first-order valence-electron chi connectivity index (χ1n) is 7.28. The van der Waals surface area contributed by atoms with E-state index in [2.05, 4.69) is 10.4 Å². The zero-order chi connectivity index (χ0) is 15.5. The molecule has 1 aliphatic rings. The van der Waals surface area contributed by atoms with Crippen LogP contribution in [0.25, 0.3) is 0 Å². The van der Waals surface area contributed by atoms with Crippen LogP contribution in [0, 0.1) is 5.92 Å². The Bertz CT molecular complexity index is 677. The molecule has 6 nitrogen and oxygen atoms in total. The van der Waals surface area contributed by atoms with Crippen LogP contribution in [0.1, 0.15) is 23.2 Å². The molecule has 1 N–H and O–H groups in total. The molecule has 3 rings (SSSR count). The van der Waals surface area contributed by atoms with Gasteiger partial charge in [-0.1, -0.05) is 12.1 Å². The van der Waals surface area contributed by atoms with E-state index in [4.69, 9.17) is 9.47 Å². The number of nitrogens with one attached hydrogen (secondary N) is 1. The maximum Gasteiger partial charge on any atom is 0.262 e. The Hall–Kier alpha value is -2.50. The van der Waals surface area contributed by atoms with Gasteiger partial charge in [-0.15, -0.1) is 5.10 Å². The van der Waals surface area contributed by atoms with E-state index in [1.807, 2.05) is 12.1 Å². The molecule has 116 valence electrons. The van der Waals surface area contributed by atoms with E-state index in [0.29, 0.717) is 35.4 Å². The smallest absolute Gasteiger partial charge is 0.262 e. The monoisotopic (exact) mass is 301 g/mol. The Morgan fingerprint density at radius 3 is 2.91 bits per heavy atom. The molecule has 0 atom stereocenters. The summed E-state index contributed by atoms with van der Waals surface area (Å²) in [6.45, 7) is 0.617. The number of para-hydroxylation sites is 2. The molecule has 0 radical (unpaired) electrons. The Kier molecular flexibility index (Phi) is 4.00. The largest absolute Gasteiger partial charge is 0.495 e. The van der Waals surface area contributed by atoms with Gasteiger partial charge in [0.1, 0.15) is 11.3 Å². The van der Waals surface area contributed by atoms with Crippen LogP contribution < -0.4 is 14.8 Å². The normalized spacial score (nSPS) is 13.7. The number of anilines is 1. The quantitative estimate of drug-likeness (QED) is 0.890. The average Bonchev–Trinajstić information content (AvgIpc) is 3.27. The predicted molar refractivity (Wildman–Crippen MR) is 82.4 cm³/mol. The van der Waals surface area contributed by atoms with Crippen molar-refractivity contribution in [1.82, 2.24) is 9.78 Å². The van der Waals surface area contributed by atoms with Crippen molar-refractivity contribution in [3.63, 3.8) is 0 Å². The number of hydrogen-bond donors (Lipinski definition) is 1. The average molecular weight is 301 g/mol. The summed E-state index contributed by atoms with van der Waals surface area (Å²) in [7, 11) is 3.34. The molecule has 6 heteroatoms. The van der Waals surface area contributed by atoms with Gasteiger partial charge in [0.15, 0.2) is 0 Å². The summed E-state index contributed by atoms with van der Waals surface area (Å²) < 4.78 is 12.5. The van der Waals surface area contributed by atoms with Gasteiger partial charge in [0, 0.05) is 13.2 Å². The molecule has 1 aromatic heterocycles. The second-order valence-electron chi connectivity index (χ2n) is 5.43. The molecule has 0 aliphatic heterocycles. The third-order valence-corrected chi connectivity index (χ3v) is 3.55. The van der Waals surface area contributed by atoms with E-state index in [1.54, 1.807) is 37.2 Å². The van der Waals surface area contributed by atoms with Gasteiger partial charge in [0.25, 0.3) is 5.91 Å². The van der Waals surface area contributed by atoms with Crippen molar-refractivity contribution in [2.45, 2.75) is 12.8 Å². The van der Waals surface area contributed by atoms with Gasteiger partial charge in [-0.3, -0.25) is 9.48 Å². The summed E-state index contributed by atoms with van der Waals surface area (Å²) in [5.74, 6) is 1.33. The molecule has 1 aromatic carbocycles. The molecule has 0 unspecified atom stereocenters. The van der Waals surface area contributed by atoms with Gasteiger partial charge in [0.05, 0.1) is 19.4 Å². The lowest BCUT2D eigenvalue weighted by Crippen LogP contribution is -2.14. The molecule has 1 saturated carbocycles. The Labute approximate surface area is 129 Å². The fourth-order valence-electron chi connectivity index (χ4n) is 2.15. The van der Waals surface area contributed by atoms with Crippen LogP contribution in [0.4, 0.5) is 5.69 Å². The van der Waals surface area contributed by atoms with Gasteiger partial charge in [-0.05, 0) is 30.9 Å². The number of ether oxygens (including phenoxy) is 2. The third-order valence-electron chi connectivity index (χ3n) is 3.55. The minimum atomic E-state index is -0.261. The number of rotatable bonds is 6. The molecule has 0 spiro atoms. The lowest BCUT2D eigenvalue weighted by molar-refractivity contribution is 0.102. The molecule has 1 aliphatic carbocycles. The van der Waals surface area contributed by atoms with E-state index in [9.17, 15) is 4.79 Å². The Balaban J connectivity index is 1.76.